The number of benzene rings is 2. The lowest BCUT2D eigenvalue weighted by Gasteiger charge is -2.21. The number of aromatic nitrogens is 2. The minimum atomic E-state index is -3.85. The predicted molar refractivity (Wildman–Crippen MR) is 106 cm³/mol. The van der Waals surface area contributed by atoms with Gasteiger partial charge in [-0.3, -0.25) is 4.79 Å². The molecule has 0 aliphatic heterocycles. The van der Waals surface area contributed by atoms with E-state index >= 15 is 0 Å². The van der Waals surface area contributed by atoms with Gasteiger partial charge in [-0.2, -0.15) is 9.57 Å². The Labute approximate surface area is 163 Å². The maximum atomic E-state index is 13.2. The highest BCUT2D eigenvalue weighted by molar-refractivity contribution is 7.89. The number of sulfonamides is 1. The number of H-pyrrole nitrogens is 1. The van der Waals surface area contributed by atoms with E-state index < -0.39 is 10.0 Å². The zero-order valence-corrected chi connectivity index (χ0v) is 16.2. The summed E-state index contributed by atoms with van der Waals surface area (Å²) in [4.78, 5) is 19.4. The molecule has 0 saturated heterocycles. The van der Waals surface area contributed by atoms with Crippen molar-refractivity contribution in [2.45, 2.75) is 31.2 Å². The molecule has 28 heavy (non-hydrogen) atoms. The Bertz CT molecular complexity index is 1200. The summed E-state index contributed by atoms with van der Waals surface area (Å²) in [5.41, 5.74) is 0.481. The van der Waals surface area contributed by atoms with Crippen LogP contribution in [0.25, 0.3) is 10.9 Å². The molecule has 8 heteroatoms. The summed E-state index contributed by atoms with van der Waals surface area (Å²) < 4.78 is 27.6. The monoisotopic (exact) mass is 396 g/mol. The van der Waals surface area contributed by atoms with Crippen LogP contribution in [-0.4, -0.2) is 29.2 Å². The number of unbranched alkanes of at least 4 members (excludes halogenated alkanes) is 1. The molecule has 0 atom stereocenters. The molecule has 3 aromatic rings. The molecule has 7 nitrogen and oxygen atoms in total. The van der Waals surface area contributed by atoms with Gasteiger partial charge in [0.15, 0.2) is 0 Å². The molecule has 0 amide bonds. The van der Waals surface area contributed by atoms with Crippen molar-refractivity contribution in [1.29, 1.82) is 5.26 Å². The Morgan fingerprint density at radius 2 is 1.96 bits per heavy atom. The smallest absolute Gasteiger partial charge is 0.258 e. The van der Waals surface area contributed by atoms with E-state index in [9.17, 15) is 13.2 Å². The summed E-state index contributed by atoms with van der Waals surface area (Å²) in [5.74, 6) is 0.278. The van der Waals surface area contributed by atoms with E-state index in [0.29, 0.717) is 17.3 Å². The number of nitrogens with zero attached hydrogens (tertiary/aromatic N) is 3. The molecule has 144 valence electrons. The minimum Gasteiger partial charge on any atom is -0.309 e. The molecule has 1 aromatic heterocycles. The average molecular weight is 396 g/mol. The van der Waals surface area contributed by atoms with Crippen molar-refractivity contribution in [3.63, 3.8) is 0 Å². The predicted octanol–water partition coefficient (Wildman–Crippen LogP) is 2.79. The van der Waals surface area contributed by atoms with Crippen LogP contribution in [0.5, 0.6) is 0 Å². The Morgan fingerprint density at radius 1 is 1.18 bits per heavy atom. The molecule has 0 fully saturated rings. The number of nitrogens with one attached hydrogen (secondary N) is 1. The first-order valence-corrected chi connectivity index (χ1v) is 10.4. The summed E-state index contributed by atoms with van der Waals surface area (Å²) in [6.07, 6.45) is 1.47. The van der Waals surface area contributed by atoms with Gasteiger partial charge in [0.25, 0.3) is 5.56 Å². The topological polar surface area (TPSA) is 107 Å². The van der Waals surface area contributed by atoms with Gasteiger partial charge in [0.05, 0.1) is 34.0 Å². The SMILES string of the molecule is CCCCN(Cc1nc2ccccc2c(=O)[nH]1)S(=O)(=O)c1cccc(C#N)c1. The van der Waals surface area contributed by atoms with Crippen molar-refractivity contribution in [3.05, 3.63) is 70.3 Å². The maximum absolute atomic E-state index is 13.2. The summed E-state index contributed by atoms with van der Waals surface area (Å²) in [5, 5.41) is 9.52. The third kappa shape index (κ3) is 4.11. The molecule has 0 saturated carbocycles. The van der Waals surface area contributed by atoms with Crippen LogP contribution in [0.3, 0.4) is 0 Å². The van der Waals surface area contributed by atoms with Crippen LogP contribution in [0.1, 0.15) is 31.2 Å². The molecule has 0 radical (unpaired) electrons. The fraction of sp³-hybridized carbons (Fsp3) is 0.250. The zero-order chi connectivity index (χ0) is 20.1. The van der Waals surface area contributed by atoms with Crippen LogP contribution < -0.4 is 5.56 Å². The van der Waals surface area contributed by atoms with Gasteiger partial charge in [-0.1, -0.05) is 31.5 Å². The van der Waals surface area contributed by atoms with Gasteiger partial charge >= 0.3 is 0 Å². The van der Waals surface area contributed by atoms with Crippen molar-refractivity contribution in [3.8, 4) is 6.07 Å². The first-order valence-electron chi connectivity index (χ1n) is 8.94. The van der Waals surface area contributed by atoms with Gasteiger partial charge in [0.1, 0.15) is 5.82 Å². The average Bonchev–Trinajstić information content (AvgIpc) is 2.71. The molecular formula is C20H20N4O3S. The van der Waals surface area contributed by atoms with Crippen LogP contribution in [0.2, 0.25) is 0 Å². The highest BCUT2D eigenvalue weighted by Gasteiger charge is 2.25. The van der Waals surface area contributed by atoms with Crippen molar-refractivity contribution in [1.82, 2.24) is 14.3 Å². The minimum absolute atomic E-state index is 0.0470. The lowest BCUT2D eigenvalue weighted by Crippen LogP contribution is -2.33. The van der Waals surface area contributed by atoms with Crippen molar-refractivity contribution in [2.24, 2.45) is 0 Å². The number of fused-ring (bicyclic) bond motifs is 1. The first-order chi connectivity index (χ1) is 13.5. The molecule has 1 N–H and O–H groups in total. The largest absolute Gasteiger partial charge is 0.309 e. The third-order valence-electron chi connectivity index (χ3n) is 4.35. The first kappa shape index (κ1) is 19.7. The lowest BCUT2D eigenvalue weighted by atomic mass is 10.2. The molecule has 2 aromatic carbocycles. The van der Waals surface area contributed by atoms with Crippen molar-refractivity contribution < 1.29 is 8.42 Å². The van der Waals surface area contributed by atoms with Crippen LogP contribution in [0, 0.1) is 11.3 Å². The second kappa shape index (κ2) is 8.33. The van der Waals surface area contributed by atoms with Gasteiger partial charge in [0, 0.05) is 6.54 Å². The number of hydrogen-bond acceptors (Lipinski definition) is 5. The van der Waals surface area contributed by atoms with Gasteiger partial charge < -0.3 is 4.98 Å². The standard InChI is InChI=1S/C20H20N4O3S/c1-2-3-11-24(28(26,27)16-8-6-7-15(12-16)13-21)14-19-22-18-10-5-4-9-17(18)20(25)23-19/h4-10,12H,2-3,11,14H2,1H3,(H,22,23,25). The Kier molecular flexibility index (Phi) is 5.87. The normalized spacial score (nSPS) is 11.6. The lowest BCUT2D eigenvalue weighted by molar-refractivity contribution is 0.389. The third-order valence-corrected chi connectivity index (χ3v) is 6.19. The van der Waals surface area contributed by atoms with E-state index in [1.165, 1.54) is 16.4 Å². The van der Waals surface area contributed by atoms with Gasteiger partial charge in [-0.05, 0) is 36.8 Å². The van der Waals surface area contributed by atoms with Gasteiger partial charge in [-0.15, -0.1) is 0 Å². The van der Waals surface area contributed by atoms with Crippen LogP contribution >= 0.6 is 0 Å². The highest BCUT2D eigenvalue weighted by Crippen LogP contribution is 2.19. The second-order valence-corrected chi connectivity index (χ2v) is 8.30. The quantitative estimate of drug-likeness (QED) is 0.661. The molecular weight excluding hydrogens is 376 g/mol. The van der Waals surface area contributed by atoms with E-state index in [2.05, 4.69) is 9.97 Å². The highest BCUT2D eigenvalue weighted by atomic mass is 32.2. The molecule has 0 unspecified atom stereocenters. The van der Waals surface area contributed by atoms with E-state index in [1.54, 1.807) is 36.4 Å². The van der Waals surface area contributed by atoms with E-state index in [1.807, 2.05) is 13.0 Å². The molecule has 3 rings (SSSR count). The van der Waals surface area contributed by atoms with Crippen LogP contribution in [0.4, 0.5) is 0 Å². The maximum Gasteiger partial charge on any atom is 0.258 e. The summed E-state index contributed by atoms with van der Waals surface area (Å²) in [7, 11) is -3.85. The summed E-state index contributed by atoms with van der Waals surface area (Å²) in [6, 6.07) is 14.8. The number of para-hydroxylation sites is 1. The Balaban J connectivity index is 2.00. The Hall–Kier alpha value is -3.02. The molecule has 0 aliphatic carbocycles. The van der Waals surface area contributed by atoms with E-state index in [0.717, 1.165) is 6.42 Å². The van der Waals surface area contributed by atoms with Crippen LogP contribution in [0.15, 0.2) is 58.2 Å². The zero-order valence-electron chi connectivity index (χ0n) is 15.4. The van der Waals surface area contributed by atoms with E-state index in [-0.39, 0.29) is 34.9 Å². The van der Waals surface area contributed by atoms with Crippen molar-refractivity contribution >= 4 is 20.9 Å². The summed E-state index contributed by atoms with van der Waals surface area (Å²) >= 11 is 0. The molecule has 0 bridgehead atoms. The second-order valence-electron chi connectivity index (χ2n) is 6.36. The van der Waals surface area contributed by atoms with E-state index in [4.69, 9.17) is 5.26 Å². The van der Waals surface area contributed by atoms with Crippen LogP contribution in [-0.2, 0) is 16.6 Å². The number of nitriles is 1. The van der Waals surface area contributed by atoms with Crippen molar-refractivity contribution in [2.75, 3.05) is 6.54 Å². The fourth-order valence-electron chi connectivity index (χ4n) is 2.87. The molecule has 0 spiro atoms. The number of aromatic amines is 1. The van der Waals surface area contributed by atoms with Gasteiger partial charge in [0.2, 0.25) is 10.0 Å². The Morgan fingerprint density at radius 3 is 2.71 bits per heavy atom. The fourth-order valence-corrected chi connectivity index (χ4v) is 4.36. The summed E-state index contributed by atoms with van der Waals surface area (Å²) in [6.45, 7) is 2.20. The molecule has 0 aliphatic rings. The van der Waals surface area contributed by atoms with Gasteiger partial charge in [-0.25, -0.2) is 13.4 Å². The molecule has 1 heterocycles. The number of hydrogen-bond donors (Lipinski definition) is 1. The number of rotatable bonds is 7.